The summed E-state index contributed by atoms with van der Waals surface area (Å²) in [5, 5.41) is 13.6. The Balaban J connectivity index is 1.33. The van der Waals surface area contributed by atoms with Crippen molar-refractivity contribution in [2.45, 2.75) is 25.4 Å². The molecule has 0 bridgehead atoms. The van der Waals surface area contributed by atoms with Crippen LogP contribution in [0.3, 0.4) is 0 Å². The first kappa shape index (κ1) is 20.1. The highest BCUT2D eigenvalue weighted by molar-refractivity contribution is 5.74. The number of rotatable bonds is 6. The largest absolute Gasteiger partial charge is 0.392 e. The number of likely N-dealkylation sites (N-methyl/N-ethyl adjacent to an activating group) is 1. The Morgan fingerprint density at radius 1 is 1.11 bits per heavy atom. The molecule has 27 heavy (non-hydrogen) atoms. The first-order valence-corrected chi connectivity index (χ1v) is 10.3. The first-order valence-electron chi connectivity index (χ1n) is 10.3. The molecule has 1 unspecified atom stereocenters. The summed E-state index contributed by atoms with van der Waals surface area (Å²) in [6.07, 6.45) is 2.12. The molecule has 2 saturated heterocycles. The predicted octanol–water partition coefficient (Wildman–Crippen LogP) is 1.26. The third-order valence-electron chi connectivity index (χ3n) is 5.96. The molecule has 0 saturated carbocycles. The Kier molecular flexibility index (Phi) is 7.50. The van der Waals surface area contributed by atoms with Gasteiger partial charge in [-0.1, -0.05) is 30.3 Å². The Labute approximate surface area is 163 Å². The van der Waals surface area contributed by atoms with Gasteiger partial charge in [-0.05, 0) is 37.8 Å². The lowest BCUT2D eigenvalue weighted by Crippen LogP contribution is -2.50. The van der Waals surface area contributed by atoms with Gasteiger partial charge in [0.1, 0.15) is 0 Å². The van der Waals surface area contributed by atoms with Crippen LogP contribution in [-0.2, 0) is 6.42 Å². The third kappa shape index (κ3) is 6.19. The minimum atomic E-state index is -0.324. The number of amides is 2. The second-order valence-electron chi connectivity index (χ2n) is 7.96. The SMILES string of the molecule is CN1CCN(CCNC(=O)N2CCC(C(O)Cc3ccccc3)CC2)CC1. The van der Waals surface area contributed by atoms with Crippen LogP contribution in [0.5, 0.6) is 0 Å². The average molecular weight is 375 g/mol. The fourth-order valence-corrected chi connectivity index (χ4v) is 4.01. The van der Waals surface area contributed by atoms with Crippen molar-refractivity contribution in [3.05, 3.63) is 35.9 Å². The molecule has 2 fully saturated rings. The molecule has 0 aliphatic carbocycles. The van der Waals surface area contributed by atoms with Gasteiger partial charge >= 0.3 is 6.03 Å². The van der Waals surface area contributed by atoms with Crippen LogP contribution in [0.15, 0.2) is 30.3 Å². The molecule has 2 heterocycles. The highest BCUT2D eigenvalue weighted by Crippen LogP contribution is 2.23. The van der Waals surface area contributed by atoms with Gasteiger partial charge in [0.15, 0.2) is 0 Å². The van der Waals surface area contributed by atoms with E-state index in [2.05, 4.69) is 34.3 Å². The van der Waals surface area contributed by atoms with Crippen LogP contribution in [0.4, 0.5) is 4.79 Å². The maximum Gasteiger partial charge on any atom is 0.317 e. The smallest absolute Gasteiger partial charge is 0.317 e. The summed E-state index contributed by atoms with van der Waals surface area (Å²) >= 11 is 0. The number of nitrogens with zero attached hydrogens (tertiary/aromatic N) is 3. The molecule has 2 aliphatic rings. The lowest BCUT2D eigenvalue weighted by Gasteiger charge is -2.35. The van der Waals surface area contributed by atoms with Crippen molar-refractivity contribution in [2.75, 3.05) is 59.4 Å². The molecule has 0 aromatic heterocycles. The van der Waals surface area contributed by atoms with Gasteiger partial charge in [0.25, 0.3) is 0 Å². The summed E-state index contributed by atoms with van der Waals surface area (Å²) in [5.41, 5.74) is 1.18. The van der Waals surface area contributed by atoms with E-state index in [4.69, 9.17) is 0 Å². The number of hydrogen-bond donors (Lipinski definition) is 2. The minimum Gasteiger partial charge on any atom is -0.392 e. The Morgan fingerprint density at radius 2 is 1.78 bits per heavy atom. The van der Waals surface area contributed by atoms with Crippen molar-refractivity contribution in [3.63, 3.8) is 0 Å². The van der Waals surface area contributed by atoms with Crippen molar-refractivity contribution in [1.82, 2.24) is 20.0 Å². The number of urea groups is 1. The Morgan fingerprint density at radius 3 is 2.44 bits per heavy atom. The van der Waals surface area contributed by atoms with Gasteiger partial charge in [0, 0.05) is 52.4 Å². The van der Waals surface area contributed by atoms with E-state index in [0.29, 0.717) is 13.0 Å². The van der Waals surface area contributed by atoms with Crippen molar-refractivity contribution >= 4 is 6.03 Å². The van der Waals surface area contributed by atoms with E-state index in [-0.39, 0.29) is 18.1 Å². The molecule has 2 amide bonds. The van der Waals surface area contributed by atoms with Crippen molar-refractivity contribution in [1.29, 1.82) is 0 Å². The van der Waals surface area contributed by atoms with Crippen LogP contribution in [0.1, 0.15) is 18.4 Å². The number of piperidine rings is 1. The van der Waals surface area contributed by atoms with E-state index >= 15 is 0 Å². The highest BCUT2D eigenvalue weighted by atomic mass is 16.3. The molecule has 0 spiro atoms. The normalized spacial score (nSPS) is 21.2. The molecule has 2 N–H and O–H groups in total. The Hall–Kier alpha value is -1.63. The fraction of sp³-hybridized carbons (Fsp3) is 0.667. The van der Waals surface area contributed by atoms with E-state index in [1.54, 1.807) is 0 Å². The van der Waals surface area contributed by atoms with Crippen LogP contribution >= 0.6 is 0 Å². The zero-order valence-corrected chi connectivity index (χ0v) is 16.5. The number of piperazine rings is 1. The van der Waals surface area contributed by atoms with Gasteiger partial charge in [-0.2, -0.15) is 0 Å². The second kappa shape index (κ2) is 10.1. The van der Waals surface area contributed by atoms with Gasteiger partial charge in [-0.15, -0.1) is 0 Å². The van der Waals surface area contributed by atoms with E-state index in [1.807, 2.05) is 23.1 Å². The quantitative estimate of drug-likeness (QED) is 0.787. The van der Waals surface area contributed by atoms with Crippen LogP contribution in [0.25, 0.3) is 0 Å². The zero-order chi connectivity index (χ0) is 19.1. The number of likely N-dealkylation sites (tertiary alicyclic amines) is 1. The molecular weight excluding hydrogens is 340 g/mol. The van der Waals surface area contributed by atoms with Gasteiger partial charge in [-0.3, -0.25) is 4.90 Å². The van der Waals surface area contributed by atoms with Gasteiger partial charge in [0.05, 0.1) is 6.10 Å². The summed E-state index contributed by atoms with van der Waals surface area (Å²) in [4.78, 5) is 19.0. The predicted molar refractivity (Wildman–Crippen MR) is 108 cm³/mol. The summed E-state index contributed by atoms with van der Waals surface area (Å²) in [5.74, 6) is 0.277. The third-order valence-corrected chi connectivity index (χ3v) is 5.96. The van der Waals surface area contributed by atoms with E-state index < -0.39 is 0 Å². The minimum absolute atomic E-state index is 0.0418. The molecule has 6 heteroatoms. The lowest BCUT2D eigenvalue weighted by atomic mass is 9.88. The number of carbonyl (C=O) groups is 1. The lowest BCUT2D eigenvalue weighted by molar-refractivity contribution is 0.0670. The molecule has 1 aromatic carbocycles. The van der Waals surface area contributed by atoms with Crippen LogP contribution < -0.4 is 5.32 Å². The fourth-order valence-electron chi connectivity index (χ4n) is 4.01. The van der Waals surface area contributed by atoms with Gasteiger partial charge < -0.3 is 20.2 Å². The molecular formula is C21H34N4O2. The molecule has 1 atom stereocenters. The molecule has 150 valence electrons. The topological polar surface area (TPSA) is 59.0 Å². The first-order chi connectivity index (χ1) is 13.1. The zero-order valence-electron chi connectivity index (χ0n) is 16.5. The number of carbonyl (C=O) groups excluding carboxylic acids is 1. The summed E-state index contributed by atoms with van der Waals surface area (Å²) in [6, 6.07) is 10.2. The molecule has 0 radical (unpaired) electrons. The average Bonchev–Trinajstić information content (AvgIpc) is 2.70. The van der Waals surface area contributed by atoms with E-state index in [9.17, 15) is 9.90 Å². The summed E-state index contributed by atoms with van der Waals surface area (Å²) in [6.45, 7) is 7.46. The monoisotopic (exact) mass is 374 g/mol. The highest BCUT2D eigenvalue weighted by Gasteiger charge is 2.27. The van der Waals surface area contributed by atoms with Crippen molar-refractivity contribution in [3.8, 4) is 0 Å². The summed E-state index contributed by atoms with van der Waals surface area (Å²) in [7, 11) is 2.15. The number of benzene rings is 1. The Bertz CT molecular complexity index is 567. The van der Waals surface area contributed by atoms with Crippen molar-refractivity contribution in [2.24, 2.45) is 5.92 Å². The maximum absolute atomic E-state index is 12.4. The molecule has 3 rings (SSSR count). The van der Waals surface area contributed by atoms with Gasteiger partial charge in [-0.25, -0.2) is 4.79 Å². The van der Waals surface area contributed by atoms with E-state index in [1.165, 1.54) is 5.56 Å². The van der Waals surface area contributed by atoms with Gasteiger partial charge in [0.2, 0.25) is 0 Å². The van der Waals surface area contributed by atoms with Crippen molar-refractivity contribution < 1.29 is 9.90 Å². The molecule has 1 aromatic rings. The second-order valence-corrected chi connectivity index (χ2v) is 7.96. The maximum atomic E-state index is 12.4. The standard InChI is InChI=1S/C21H34N4O2/c1-23-13-15-24(16-14-23)12-9-22-21(27)25-10-7-19(8-11-25)20(26)17-18-5-3-2-4-6-18/h2-6,19-20,26H,7-17H2,1H3,(H,22,27). The number of nitrogens with one attached hydrogen (secondary N) is 1. The van der Waals surface area contributed by atoms with Crippen LogP contribution in [0.2, 0.25) is 0 Å². The number of hydrogen-bond acceptors (Lipinski definition) is 4. The number of aliphatic hydroxyl groups excluding tert-OH is 1. The molecule has 2 aliphatic heterocycles. The van der Waals surface area contributed by atoms with Crippen LogP contribution in [-0.4, -0.2) is 91.3 Å². The van der Waals surface area contributed by atoms with E-state index in [0.717, 1.165) is 58.7 Å². The number of aliphatic hydroxyl groups is 1. The van der Waals surface area contributed by atoms with Crippen LogP contribution in [0, 0.1) is 5.92 Å². The molecule has 6 nitrogen and oxygen atoms in total. The summed E-state index contributed by atoms with van der Waals surface area (Å²) < 4.78 is 0.